The molecule has 1 aromatic carbocycles. The minimum atomic E-state index is -3.49. The largest absolute Gasteiger partial charge is 0.495 e. The van der Waals surface area contributed by atoms with Crippen LogP contribution in [0.25, 0.3) is 0 Å². The Labute approximate surface area is 115 Å². The average Bonchev–Trinajstić information content (AvgIpc) is 2.35. The fourth-order valence-electron chi connectivity index (χ4n) is 1.59. The van der Waals surface area contributed by atoms with Crippen LogP contribution in [-0.4, -0.2) is 33.4 Å². The first-order valence-corrected chi connectivity index (χ1v) is 7.63. The van der Waals surface area contributed by atoms with Gasteiger partial charge in [-0.2, -0.15) is 0 Å². The highest BCUT2D eigenvalue weighted by atomic mass is 32.2. The molecule has 2 N–H and O–H groups in total. The first-order chi connectivity index (χ1) is 8.78. The molecule has 5 nitrogen and oxygen atoms in total. The van der Waals surface area contributed by atoms with Gasteiger partial charge in [0, 0.05) is 19.7 Å². The first kappa shape index (κ1) is 15.8. The van der Waals surface area contributed by atoms with E-state index < -0.39 is 10.0 Å². The number of nitrogens with two attached hydrogens (primary N) is 1. The number of methoxy groups -OCH3 is 1. The van der Waals surface area contributed by atoms with Crippen molar-refractivity contribution in [2.45, 2.75) is 25.2 Å². The summed E-state index contributed by atoms with van der Waals surface area (Å²) in [7, 11) is -0.439. The van der Waals surface area contributed by atoms with Crippen LogP contribution in [0.15, 0.2) is 23.1 Å². The van der Waals surface area contributed by atoms with E-state index in [0.29, 0.717) is 23.9 Å². The number of anilines is 1. The van der Waals surface area contributed by atoms with E-state index in [9.17, 15) is 8.42 Å². The van der Waals surface area contributed by atoms with Crippen LogP contribution in [-0.2, 0) is 10.0 Å². The van der Waals surface area contributed by atoms with Crippen LogP contribution in [0.2, 0.25) is 0 Å². The Bertz CT molecular complexity index is 527. The summed E-state index contributed by atoms with van der Waals surface area (Å²) in [6, 6.07) is 4.50. The van der Waals surface area contributed by atoms with E-state index in [2.05, 4.69) is 13.8 Å². The highest BCUT2D eigenvalue weighted by Crippen LogP contribution is 2.26. The summed E-state index contributed by atoms with van der Waals surface area (Å²) in [6.07, 6.45) is 0.821. The van der Waals surface area contributed by atoms with Crippen molar-refractivity contribution in [2.24, 2.45) is 5.92 Å². The fraction of sp³-hybridized carbons (Fsp3) is 0.538. The van der Waals surface area contributed by atoms with Crippen LogP contribution in [0.1, 0.15) is 20.3 Å². The predicted octanol–water partition coefficient (Wildman–Crippen LogP) is 1.94. The minimum Gasteiger partial charge on any atom is -0.495 e. The monoisotopic (exact) mass is 286 g/mol. The van der Waals surface area contributed by atoms with Gasteiger partial charge >= 0.3 is 0 Å². The molecule has 0 radical (unpaired) electrons. The molecule has 0 saturated carbocycles. The number of ether oxygens (including phenoxy) is 1. The maximum atomic E-state index is 12.4. The van der Waals surface area contributed by atoms with Crippen molar-refractivity contribution >= 4 is 15.7 Å². The zero-order valence-corrected chi connectivity index (χ0v) is 12.7. The number of hydrogen-bond donors (Lipinski definition) is 1. The predicted molar refractivity (Wildman–Crippen MR) is 76.7 cm³/mol. The summed E-state index contributed by atoms with van der Waals surface area (Å²) in [5.41, 5.74) is 6.11. The molecule has 0 aliphatic rings. The molecule has 1 rings (SSSR count). The molecule has 1 aromatic rings. The van der Waals surface area contributed by atoms with Gasteiger partial charge in [0.05, 0.1) is 17.7 Å². The van der Waals surface area contributed by atoms with Crippen molar-refractivity contribution in [3.8, 4) is 5.75 Å². The summed E-state index contributed by atoms with van der Waals surface area (Å²) < 4.78 is 31.1. The van der Waals surface area contributed by atoms with E-state index in [-0.39, 0.29) is 4.90 Å². The third-order valence-corrected chi connectivity index (χ3v) is 4.79. The summed E-state index contributed by atoms with van der Waals surface area (Å²) in [5, 5.41) is 0. The molecule has 0 bridgehead atoms. The molecular weight excluding hydrogens is 264 g/mol. The van der Waals surface area contributed by atoms with Crippen molar-refractivity contribution in [1.29, 1.82) is 0 Å². The zero-order valence-electron chi connectivity index (χ0n) is 11.9. The van der Waals surface area contributed by atoms with E-state index in [0.717, 1.165) is 6.42 Å². The molecule has 0 aliphatic carbocycles. The Morgan fingerprint density at radius 2 is 2.00 bits per heavy atom. The summed E-state index contributed by atoms with van der Waals surface area (Å²) in [5.74, 6) is 0.830. The normalized spacial score (nSPS) is 12.1. The lowest BCUT2D eigenvalue weighted by Gasteiger charge is -2.18. The molecule has 0 unspecified atom stereocenters. The Kier molecular flexibility index (Phi) is 5.20. The molecule has 6 heteroatoms. The van der Waals surface area contributed by atoms with Crippen molar-refractivity contribution in [3.63, 3.8) is 0 Å². The highest BCUT2D eigenvalue weighted by Gasteiger charge is 2.21. The number of nitrogen functional groups attached to an aromatic ring is 1. The van der Waals surface area contributed by atoms with Gasteiger partial charge in [-0.15, -0.1) is 0 Å². The molecular formula is C13H22N2O3S. The second-order valence-corrected chi connectivity index (χ2v) is 6.96. The lowest BCUT2D eigenvalue weighted by atomic mass is 10.1. The average molecular weight is 286 g/mol. The maximum Gasteiger partial charge on any atom is 0.242 e. The number of sulfonamides is 1. The van der Waals surface area contributed by atoms with Crippen LogP contribution in [0.4, 0.5) is 5.69 Å². The minimum absolute atomic E-state index is 0.199. The molecule has 0 spiro atoms. The van der Waals surface area contributed by atoms with E-state index in [4.69, 9.17) is 10.5 Å². The third kappa shape index (κ3) is 3.84. The van der Waals surface area contributed by atoms with Gasteiger partial charge in [-0.1, -0.05) is 13.8 Å². The van der Waals surface area contributed by atoms with Gasteiger partial charge in [0.1, 0.15) is 5.75 Å². The molecule has 0 aliphatic heterocycles. The molecule has 108 valence electrons. The molecule has 0 amide bonds. The molecule has 0 aromatic heterocycles. The first-order valence-electron chi connectivity index (χ1n) is 6.19. The Morgan fingerprint density at radius 1 is 1.37 bits per heavy atom. The summed E-state index contributed by atoms with van der Waals surface area (Å²) >= 11 is 0. The maximum absolute atomic E-state index is 12.4. The van der Waals surface area contributed by atoms with Crippen LogP contribution in [0, 0.1) is 5.92 Å². The fourth-order valence-corrected chi connectivity index (χ4v) is 2.79. The molecule has 19 heavy (non-hydrogen) atoms. The van der Waals surface area contributed by atoms with Crippen LogP contribution < -0.4 is 10.5 Å². The van der Waals surface area contributed by atoms with E-state index in [1.54, 1.807) is 13.1 Å². The Hall–Kier alpha value is -1.27. The molecule has 0 atom stereocenters. The van der Waals surface area contributed by atoms with Gasteiger partial charge in [-0.05, 0) is 24.5 Å². The number of benzene rings is 1. The highest BCUT2D eigenvalue weighted by molar-refractivity contribution is 7.89. The Morgan fingerprint density at radius 3 is 2.53 bits per heavy atom. The van der Waals surface area contributed by atoms with Crippen molar-refractivity contribution in [2.75, 3.05) is 26.4 Å². The summed E-state index contributed by atoms with van der Waals surface area (Å²) in [4.78, 5) is 0.199. The van der Waals surface area contributed by atoms with Crippen molar-refractivity contribution < 1.29 is 13.2 Å². The standard InChI is InChI=1S/C13H22N2O3S/c1-10(2)7-8-15(3)19(16,17)11-5-6-12(14)13(9-11)18-4/h5-6,9-10H,7-8,14H2,1-4H3. The smallest absolute Gasteiger partial charge is 0.242 e. The van der Waals surface area contributed by atoms with Gasteiger partial charge < -0.3 is 10.5 Å². The second-order valence-electron chi connectivity index (χ2n) is 4.91. The Balaban J connectivity index is 2.99. The van der Waals surface area contributed by atoms with Crippen LogP contribution >= 0.6 is 0 Å². The van der Waals surface area contributed by atoms with Crippen LogP contribution in [0.3, 0.4) is 0 Å². The van der Waals surface area contributed by atoms with Gasteiger partial charge in [0.2, 0.25) is 10.0 Å². The quantitative estimate of drug-likeness (QED) is 0.811. The lowest BCUT2D eigenvalue weighted by Crippen LogP contribution is -2.28. The van der Waals surface area contributed by atoms with Crippen LogP contribution in [0.5, 0.6) is 5.75 Å². The topological polar surface area (TPSA) is 72.6 Å². The number of rotatable bonds is 6. The lowest BCUT2D eigenvalue weighted by molar-refractivity contribution is 0.413. The third-order valence-electron chi connectivity index (χ3n) is 2.93. The van der Waals surface area contributed by atoms with Gasteiger partial charge in [0.15, 0.2) is 0 Å². The van der Waals surface area contributed by atoms with E-state index in [1.165, 1.54) is 23.5 Å². The van der Waals surface area contributed by atoms with Gasteiger partial charge in [-0.3, -0.25) is 0 Å². The van der Waals surface area contributed by atoms with E-state index in [1.807, 2.05) is 0 Å². The van der Waals surface area contributed by atoms with Crippen molar-refractivity contribution in [3.05, 3.63) is 18.2 Å². The molecule has 0 saturated heterocycles. The van der Waals surface area contributed by atoms with E-state index >= 15 is 0 Å². The number of hydrogen-bond acceptors (Lipinski definition) is 4. The molecule has 0 fully saturated rings. The van der Waals surface area contributed by atoms with Crippen molar-refractivity contribution in [1.82, 2.24) is 4.31 Å². The second kappa shape index (κ2) is 6.25. The zero-order chi connectivity index (χ0) is 14.6. The molecule has 0 heterocycles. The summed E-state index contributed by atoms with van der Waals surface area (Å²) in [6.45, 7) is 4.62. The number of nitrogens with zero attached hydrogens (tertiary/aromatic N) is 1. The van der Waals surface area contributed by atoms with Gasteiger partial charge in [0.25, 0.3) is 0 Å². The van der Waals surface area contributed by atoms with Gasteiger partial charge in [-0.25, -0.2) is 12.7 Å². The SMILES string of the molecule is COc1cc(S(=O)(=O)N(C)CCC(C)C)ccc1N.